The van der Waals surface area contributed by atoms with Gasteiger partial charge in [0.25, 0.3) is 0 Å². The summed E-state index contributed by atoms with van der Waals surface area (Å²) in [5, 5.41) is 3.29. The Morgan fingerprint density at radius 1 is 1.19 bits per heavy atom. The number of piperidine rings is 1. The number of aromatic nitrogens is 2. The van der Waals surface area contributed by atoms with Gasteiger partial charge in [0.05, 0.1) is 25.5 Å². The summed E-state index contributed by atoms with van der Waals surface area (Å²) in [6.45, 7) is 2.43. The minimum absolute atomic E-state index is 0.0465. The number of anilines is 1. The highest BCUT2D eigenvalue weighted by molar-refractivity contribution is 5.81. The molecule has 0 amide bonds. The number of nitrogens with zero attached hydrogens (tertiary/aromatic N) is 3. The average molecular weight is 358 g/mol. The van der Waals surface area contributed by atoms with E-state index in [0.717, 1.165) is 31.5 Å². The molecule has 2 aromatic rings. The molecule has 3 rings (SSSR count). The van der Waals surface area contributed by atoms with E-state index in [1.54, 1.807) is 0 Å². The molecule has 1 aromatic heterocycles. The van der Waals surface area contributed by atoms with Crippen LogP contribution in [0.1, 0.15) is 18.4 Å². The van der Waals surface area contributed by atoms with Crippen LogP contribution in [0.5, 0.6) is 0 Å². The van der Waals surface area contributed by atoms with Crippen molar-refractivity contribution in [2.75, 3.05) is 31.1 Å². The van der Waals surface area contributed by atoms with Gasteiger partial charge in [-0.25, -0.2) is 14.4 Å². The highest BCUT2D eigenvalue weighted by Gasteiger charge is 2.21. The third kappa shape index (κ3) is 5.57. The van der Waals surface area contributed by atoms with Gasteiger partial charge in [-0.1, -0.05) is 30.3 Å². The normalized spacial score (nSPS) is 15.2. The fraction of sp³-hybridized carbons (Fsp3) is 0.421. The van der Waals surface area contributed by atoms with Crippen LogP contribution in [0.15, 0.2) is 42.7 Å². The largest absolute Gasteiger partial charge is 0.369 e. The lowest BCUT2D eigenvalue weighted by atomic mass is 10.1. The standard InChI is InChI=1S/C19H23FN4O2/c20-16-10-22-19(23-11-16)24-8-6-17(7-9-24)21-12-18(25)14-26-13-15-4-2-1-3-5-15/h1-5,10-11,17,21H,6-9,12-14H2. The van der Waals surface area contributed by atoms with Crippen molar-refractivity contribution in [1.82, 2.24) is 15.3 Å². The van der Waals surface area contributed by atoms with Gasteiger partial charge in [-0.3, -0.25) is 4.79 Å². The number of halogens is 1. The topological polar surface area (TPSA) is 67.4 Å². The van der Waals surface area contributed by atoms with Crippen LogP contribution >= 0.6 is 0 Å². The summed E-state index contributed by atoms with van der Waals surface area (Å²) < 4.78 is 18.3. The minimum Gasteiger partial charge on any atom is -0.369 e. The molecule has 1 aliphatic rings. The Morgan fingerprint density at radius 3 is 2.58 bits per heavy atom. The van der Waals surface area contributed by atoms with Crippen molar-refractivity contribution < 1.29 is 13.9 Å². The number of carbonyl (C=O) groups excluding carboxylic acids is 1. The van der Waals surface area contributed by atoms with Gasteiger partial charge in [0, 0.05) is 19.1 Å². The summed E-state index contributed by atoms with van der Waals surface area (Å²) in [7, 11) is 0. The number of carbonyl (C=O) groups is 1. The number of hydrogen-bond donors (Lipinski definition) is 1. The summed E-state index contributed by atoms with van der Waals surface area (Å²) in [4.78, 5) is 22.0. The first-order valence-corrected chi connectivity index (χ1v) is 8.80. The van der Waals surface area contributed by atoms with E-state index >= 15 is 0 Å². The van der Waals surface area contributed by atoms with E-state index in [4.69, 9.17) is 4.74 Å². The molecule has 6 nitrogen and oxygen atoms in total. The van der Waals surface area contributed by atoms with Gasteiger partial charge in [0.2, 0.25) is 5.95 Å². The molecule has 26 heavy (non-hydrogen) atoms. The van der Waals surface area contributed by atoms with Gasteiger partial charge in [0.15, 0.2) is 11.6 Å². The van der Waals surface area contributed by atoms with Crippen LogP contribution in [-0.4, -0.2) is 48.0 Å². The summed E-state index contributed by atoms with van der Waals surface area (Å²) >= 11 is 0. The van der Waals surface area contributed by atoms with E-state index in [0.29, 0.717) is 19.1 Å². The third-order valence-corrected chi connectivity index (χ3v) is 4.35. The second kappa shape index (κ2) is 9.35. The molecule has 1 N–H and O–H groups in total. The van der Waals surface area contributed by atoms with Crippen molar-refractivity contribution in [1.29, 1.82) is 0 Å². The van der Waals surface area contributed by atoms with Gasteiger partial charge >= 0.3 is 0 Å². The maximum absolute atomic E-state index is 12.9. The van der Waals surface area contributed by atoms with Crippen LogP contribution in [0.3, 0.4) is 0 Å². The van der Waals surface area contributed by atoms with E-state index in [-0.39, 0.29) is 18.4 Å². The Bertz CT molecular complexity index is 688. The smallest absolute Gasteiger partial charge is 0.225 e. The fourth-order valence-corrected chi connectivity index (χ4v) is 2.92. The third-order valence-electron chi connectivity index (χ3n) is 4.35. The maximum Gasteiger partial charge on any atom is 0.225 e. The fourth-order valence-electron chi connectivity index (χ4n) is 2.92. The molecule has 0 aliphatic carbocycles. The molecule has 0 spiro atoms. The first-order chi connectivity index (χ1) is 12.7. The van der Waals surface area contributed by atoms with Crippen molar-refractivity contribution in [2.45, 2.75) is 25.5 Å². The number of hydrogen-bond acceptors (Lipinski definition) is 6. The molecule has 7 heteroatoms. The molecule has 0 radical (unpaired) electrons. The number of Topliss-reactive ketones (excluding diaryl/α,β-unsaturated/α-hetero) is 1. The van der Waals surface area contributed by atoms with Crippen molar-refractivity contribution in [3.63, 3.8) is 0 Å². The van der Waals surface area contributed by atoms with Crippen molar-refractivity contribution in [3.05, 3.63) is 54.1 Å². The summed E-state index contributed by atoms with van der Waals surface area (Å²) in [5.74, 6) is 0.166. The lowest BCUT2D eigenvalue weighted by Crippen LogP contribution is -2.44. The minimum atomic E-state index is -0.432. The Morgan fingerprint density at radius 2 is 1.88 bits per heavy atom. The summed E-state index contributed by atoms with van der Waals surface area (Å²) in [6, 6.07) is 10.1. The highest BCUT2D eigenvalue weighted by Crippen LogP contribution is 2.15. The van der Waals surface area contributed by atoms with Crippen LogP contribution in [-0.2, 0) is 16.1 Å². The molecule has 0 saturated carbocycles. The number of rotatable bonds is 8. The first kappa shape index (κ1) is 18.4. The van der Waals surface area contributed by atoms with E-state index in [9.17, 15) is 9.18 Å². The molecule has 0 unspecified atom stereocenters. The van der Waals surface area contributed by atoms with Gasteiger partial charge in [0.1, 0.15) is 6.61 Å². The molecular weight excluding hydrogens is 335 g/mol. The molecule has 1 saturated heterocycles. The van der Waals surface area contributed by atoms with Crippen LogP contribution in [0.4, 0.5) is 10.3 Å². The monoisotopic (exact) mass is 358 g/mol. The molecule has 0 bridgehead atoms. The number of ketones is 1. The van der Waals surface area contributed by atoms with E-state index in [1.165, 1.54) is 12.4 Å². The number of ether oxygens (including phenoxy) is 1. The average Bonchev–Trinajstić information content (AvgIpc) is 2.68. The second-order valence-electron chi connectivity index (χ2n) is 6.36. The van der Waals surface area contributed by atoms with Crippen LogP contribution in [0.2, 0.25) is 0 Å². The van der Waals surface area contributed by atoms with E-state index in [1.807, 2.05) is 35.2 Å². The molecule has 138 valence electrons. The Balaban J connectivity index is 1.32. The first-order valence-electron chi connectivity index (χ1n) is 8.80. The Hall–Kier alpha value is -2.38. The van der Waals surface area contributed by atoms with Gasteiger partial charge in [-0.2, -0.15) is 0 Å². The van der Waals surface area contributed by atoms with Crippen molar-refractivity contribution in [2.24, 2.45) is 0 Å². The van der Waals surface area contributed by atoms with Gasteiger partial charge < -0.3 is 15.0 Å². The SMILES string of the molecule is O=C(CNC1CCN(c2ncc(F)cn2)CC1)COCc1ccccc1. The maximum atomic E-state index is 12.9. The molecule has 2 heterocycles. The van der Waals surface area contributed by atoms with Crippen LogP contribution in [0, 0.1) is 5.82 Å². The predicted octanol–water partition coefficient (Wildman–Crippen LogP) is 1.96. The highest BCUT2D eigenvalue weighted by atomic mass is 19.1. The second-order valence-corrected chi connectivity index (χ2v) is 6.36. The molecule has 1 aliphatic heterocycles. The van der Waals surface area contributed by atoms with E-state index < -0.39 is 5.82 Å². The van der Waals surface area contributed by atoms with Gasteiger partial charge in [-0.15, -0.1) is 0 Å². The molecule has 1 aromatic carbocycles. The zero-order valence-electron chi connectivity index (χ0n) is 14.6. The Labute approximate surface area is 152 Å². The lowest BCUT2D eigenvalue weighted by molar-refractivity contribution is -0.123. The Kier molecular flexibility index (Phi) is 6.62. The summed E-state index contributed by atoms with van der Waals surface area (Å²) in [6.07, 6.45) is 4.14. The number of nitrogens with one attached hydrogen (secondary N) is 1. The van der Waals surface area contributed by atoms with Crippen LogP contribution in [0.25, 0.3) is 0 Å². The molecule has 1 fully saturated rings. The summed E-state index contributed by atoms with van der Waals surface area (Å²) in [5.41, 5.74) is 1.06. The molecular formula is C19H23FN4O2. The zero-order valence-corrected chi connectivity index (χ0v) is 14.6. The zero-order chi connectivity index (χ0) is 18.2. The van der Waals surface area contributed by atoms with Crippen molar-refractivity contribution >= 4 is 11.7 Å². The quantitative estimate of drug-likeness (QED) is 0.778. The lowest BCUT2D eigenvalue weighted by Gasteiger charge is -2.32. The molecule has 0 atom stereocenters. The van der Waals surface area contributed by atoms with Gasteiger partial charge in [-0.05, 0) is 18.4 Å². The van der Waals surface area contributed by atoms with Crippen LogP contribution < -0.4 is 10.2 Å². The van der Waals surface area contributed by atoms with Crippen molar-refractivity contribution in [3.8, 4) is 0 Å². The predicted molar refractivity (Wildman–Crippen MR) is 96.3 cm³/mol. The van der Waals surface area contributed by atoms with E-state index in [2.05, 4.69) is 15.3 Å². The number of benzene rings is 1.